The molecular formula is C17H18O10S2. The van der Waals surface area contributed by atoms with Gasteiger partial charge in [-0.1, -0.05) is 13.3 Å². The molecule has 4 N–H and O–H groups in total. The van der Waals surface area contributed by atoms with Crippen LogP contribution in [0.1, 0.15) is 35.7 Å². The van der Waals surface area contributed by atoms with Crippen molar-refractivity contribution in [3.8, 4) is 17.2 Å². The zero-order chi connectivity index (χ0) is 22.0. The zero-order valence-corrected chi connectivity index (χ0v) is 16.7. The van der Waals surface area contributed by atoms with Crippen molar-refractivity contribution in [3.63, 3.8) is 0 Å². The Morgan fingerprint density at radius 2 is 1.59 bits per heavy atom. The van der Waals surface area contributed by atoms with Crippen molar-refractivity contribution in [1.29, 1.82) is 0 Å². The molecule has 29 heavy (non-hydrogen) atoms. The van der Waals surface area contributed by atoms with Gasteiger partial charge in [-0.05, 0) is 30.7 Å². The van der Waals surface area contributed by atoms with Crippen molar-refractivity contribution in [1.82, 2.24) is 0 Å². The van der Waals surface area contributed by atoms with E-state index in [0.717, 1.165) is 24.3 Å². The summed E-state index contributed by atoms with van der Waals surface area (Å²) >= 11 is 0. The normalized spacial score (nSPS) is 12.0. The maximum atomic E-state index is 12.7. The van der Waals surface area contributed by atoms with Gasteiger partial charge in [0, 0.05) is 6.07 Å². The van der Waals surface area contributed by atoms with E-state index in [1.165, 1.54) is 0 Å². The number of ether oxygens (including phenoxy) is 1. The number of hydrogen-bond donors (Lipinski definition) is 4. The largest absolute Gasteiger partial charge is 0.507 e. The van der Waals surface area contributed by atoms with Crippen LogP contribution in [0.2, 0.25) is 0 Å². The number of phenols is 2. The minimum absolute atomic E-state index is 0.00146. The molecule has 12 heteroatoms. The van der Waals surface area contributed by atoms with Crippen molar-refractivity contribution < 1.29 is 45.7 Å². The van der Waals surface area contributed by atoms with Crippen molar-refractivity contribution >= 4 is 26.0 Å². The van der Waals surface area contributed by atoms with Crippen LogP contribution in [0.3, 0.4) is 0 Å². The van der Waals surface area contributed by atoms with E-state index >= 15 is 0 Å². The first-order valence-corrected chi connectivity index (χ1v) is 11.1. The average Bonchev–Trinajstić information content (AvgIpc) is 2.60. The lowest BCUT2D eigenvalue weighted by molar-refractivity contribution is 0.103. The molecule has 0 aliphatic rings. The number of unbranched alkanes of at least 4 members (excludes halogenated alkanes) is 1. The van der Waals surface area contributed by atoms with Gasteiger partial charge in [-0.2, -0.15) is 16.8 Å². The summed E-state index contributed by atoms with van der Waals surface area (Å²) in [5.41, 5.74) is -0.884. The van der Waals surface area contributed by atoms with Crippen molar-refractivity contribution in [3.05, 3.63) is 41.5 Å². The molecule has 0 fully saturated rings. The van der Waals surface area contributed by atoms with Crippen molar-refractivity contribution in [2.45, 2.75) is 29.6 Å². The Hall–Kier alpha value is -2.67. The Kier molecular flexibility index (Phi) is 6.53. The van der Waals surface area contributed by atoms with Crippen LogP contribution in [0, 0.1) is 0 Å². The number of phenolic OH excluding ortho intramolecular Hbond substituents is 2. The molecule has 158 valence electrons. The quantitative estimate of drug-likeness (QED) is 0.266. The van der Waals surface area contributed by atoms with Crippen LogP contribution in [0.4, 0.5) is 0 Å². The van der Waals surface area contributed by atoms with Gasteiger partial charge in [-0.15, -0.1) is 0 Å². The van der Waals surface area contributed by atoms with Gasteiger partial charge in [0.1, 0.15) is 10.6 Å². The highest BCUT2D eigenvalue weighted by Gasteiger charge is 2.27. The molecular weight excluding hydrogens is 428 g/mol. The molecule has 0 aliphatic heterocycles. The third kappa shape index (κ3) is 5.03. The number of carbonyl (C=O) groups is 1. The summed E-state index contributed by atoms with van der Waals surface area (Å²) < 4.78 is 68.8. The second kappa shape index (κ2) is 8.37. The van der Waals surface area contributed by atoms with E-state index in [9.17, 15) is 36.4 Å². The monoisotopic (exact) mass is 446 g/mol. The molecule has 0 spiro atoms. The lowest BCUT2D eigenvalue weighted by Crippen LogP contribution is -2.09. The van der Waals surface area contributed by atoms with Gasteiger partial charge in [-0.25, -0.2) is 0 Å². The van der Waals surface area contributed by atoms with E-state index in [2.05, 4.69) is 0 Å². The van der Waals surface area contributed by atoms with E-state index in [-0.39, 0.29) is 6.61 Å². The summed E-state index contributed by atoms with van der Waals surface area (Å²) in [6.07, 6.45) is 1.19. The predicted molar refractivity (Wildman–Crippen MR) is 99.7 cm³/mol. The molecule has 0 unspecified atom stereocenters. The summed E-state index contributed by atoms with van der Waals surface area (Å²) in [7, 11) is -9.39. The fourth-order valence-electron chi connectivity index (χ4n) is 2.41. The molecule has 0 atom stereocenters. The van der Waals surface area contributed by atoms with Gasteiger partial charge in [0.2, 0.25) is 5.78 Å². The van der Waals surface area contributed by atoms with Crippen LogP contribution in [0.25, 0.3) is 0 Å². The molecule has 2 aromatic carbocycles. The van der Waals surface area contributed by atoms with Crippen LogP contribution in [0.5, 0.6) is 17.2 Å². The van der Waals surface area contributed by atoms with Crippen LogP contribution < -0.4 is 4.74 Å². The highest BCUT2D eigenvalue weighted by Crippen LogP contribution is 2.38. The van der Waals surface area contributed by atoms with Crippen LogP contribution in [-0.4, -0.2) is 48.5 Å². The van der Waals surface area contributed by atoms with Gasteiger partial charge >= 0.3 is 0 Å². The minimum Gasteiger partial charge on any atom is -0.507 e. The fourth-order valence-corrected chi connectivity index (χ4v) is 3.54. The Labute approximate surface area is 166 Å². The molecule has 2 aromatic rings. The van der Waals surface area contributed by atoms with E-state index in [4.69, 9.17) is 9.29 Å². The molecule has 10 nitrogen and oxygen atoms in total. The summed E-state index contributed by atoms with van der Waals surface area (Å²) in [6, 6.07) is 4.18. The summed E-state index contributed by atoms with van der Waals surface area (Å²) in [6.45, 7) is 1.84. The zero-order valence-electron chi connectivity index (χ0n) is 15.1. The van der Waals surface area contributed by atoms with Gasteiger partial charge in [0.05, 0.1) is 22.6 Å². The Bertz CT molecular complexity index is 1150. The number of carbonyl (C=O) groups excluding carboxylic acids is 1. The third-order valence-corrected chi connectivity index (χ3v) is 5.60. The average molecular weight is 446 g/mol. The number of ketones is 1. The van der Waals surface area contributed by atoms with E-state index in [1.54, 1.807) is 0 Å². The minimum atomic E-state index is -4.77. The van der Waals surface area contributed by atoms with Crippen LogP contribution in [-0.2, 0) is 20.2 Å². The predicted octanol–water partition coefficient (Wildman–Crippen LogP) is 2.00. The summed E-state index contributed by atoms with van der Waals surface area (Å²) in [4.78, 5) is 11.3. The highest BCUT2D eigenvalue weighted by atomic mass is 32.2. The first-order chi connectivity index (χ1) is 13.4. The van der Waals surface area contributed by atoms with Gasteiger partial charge < -0.3 is 14.9 Å². The number of hydrogen-bond acceptors (Lipinski definition) is 8. The standard InChI is InChI=1S/C17H18O10S2/c1-2-3-8-27-17-14(29(24,25)26)7-6-12(16(17)20)15(19)11-5-4-10(9-13(11)18)28(21,22)23/h4-7,9,18,20H,2-3,8H2,1H3,(H,21,22,23)(H,24,25,26). The van der Waals surface area contributed by atoms with E-state index in [1.807, 2.05) is 6.92 Å². The number of aromatic hydroxyl groups is 2. The Morgan fingerprint density at radius 1 is 0.966 bits per heavy atom. The lowest BCUT2D eigenvalue weighted by atomic mass is 10.0. The Morgan fingerprint density at radius 3 is 2.10 bits per heavy atom. The van der Waals surface area contributed by atoms with Gasteiger partial charge in [-0.3, -0.25) is 13.9 Å². The van der Waals surface area contributed by atoms with Crippen molar-refractivity contribution in [2.24, 2.45) is 0 Å². The maximum Gasteiger partial charge on any atom is 0.298 e. The highest BCUT2D eigenvalue weighted by molar-refractivity contribution is 7.86. The molecule has 0 bridgehead atoms. The van der Waals surface area contributed by atoms with Crippen LogP contribution >= 0.6 is 0 Å². The fraction of sp³-hybridized carbons (Fsp3) is 0.235. The first kappa shape index (κ1) is 22.6. The molecule has 0 heterocycles. The second-order valence-corrected chi connectivity index (χ2v) is 8.76. The molecule has 0 amide bonds. The smallest absolute Gasteiger partial charge is 0.298 e. The van der Waals surface area contributed by atoms with E-state index < -0.39 is 64.2 Å². The summed E-state index contributed by atoms with van der Waals surface area (Å²) in [5.74, 6) is -3.28. The topological polar surface area (TPSA) is 175 Å². The van der Waals surface area contributed by atoms with E-state index in [0.29, 0.717) is 18.9 Å². The number of benzene rings is 2. The SMILES string of the molecule is CCCCOc1c(S(=O)(=O)O)ccc(C(=O)c2ccc(S(=O)(=O)O)cc2O)c1O. The third-order valence-electron chi connectivity index (χ3n) is 3.87. The molecule has 2 rings (SSSR count). The molecule has 0 saturated heterocycles. The van der Waals surface area contributed by atoms with Gasteiger partial charge in [0.15, 0.2) is 11.5 Å². The summed E-state index contributed by atoms with van der Waals surface area (Å²) in [5, 5.41) is 20.4. The molecule has 0 aromatic heterocycles. The molecule has 0 saturated carbocycles. The molecule has 0 aliphatic carbocycles. The Balaban J connectivity index is 2.57. The maximum absolute atomic E-state index is 12.7. The van der Waals surface area contributed by atoms with Gasteiger partial charge in [0.25, 0.3) is 20.2 Å². The lowest BCUT2D eigenvalue weighted by Gasteiger charge is -2.14. The molecule has 0 radical (unpaired) electrons. The first-order valence-electron chi connectivity index (χ1n) is 8.19. The number of rotatable bonds is 8. The second-order valence-electron chi connectivity index (χ2n) is 5.95. The van der Waals surface area contributed by atoms with Crippen molar-refractivity contribution in [2.75, 3.05) is 6.61 Å². The van der Waals surface area contributed by atoms with Crippen LogP contribution in [0.15, 0.2) is 40.1 Å².